The van der Waals surface area contributed by atoms with Crippen LogP contribution in [0.3, 0.4) is 0 Å². The van der Waals surface area contributed by atoms with Gasteiger partial charge in [-0.3, -0.25) is 19.0 Å². The van der Waals surface area contributed by atoms with Crippen molar-refractivity contribution in [2.45, 2.75) is 33.4 Å². The Bertz CT molecular complexity index is 546. The Labute approximate surface area is 111 Å². The Morgan fingerprint density at radius 3 is 1.68 bits per heavy atom. The molecule has 0 unspecified atom stereocenters. The van der Waals surface area contributed by atoms with Gasteiger partial charge in [-0.1, -0.05) is 0 Å². The van der Waals surface area contributed by atoms with Gasteiger partial charge in [0, 0.05) is 24.5 Å². The van der Waals surface area contributed by atoms with E-state index in [1.807, 2.05) is 23.2 Å². The van der Waals surface area contributed by atoms with Gasteiger partial charge in [0.1, 0.15) is 11.4 Å². The van der Waals surface area contributed by atoms with Crippen LogP contribution in [0.15, 0.2) is 12.1 Å². The first-order valence-corrected chi connectivity index (χ1v) is 6.13. The van der Waals surface area contributed by atoms with Crippen LogP contribution >= 0.6 is 0 Å². The van der Waals surface area contributed by atoms with Crippen LogP contribution in [0.4, 0.5) is 0 Å². The molecule has 0 N–H and O–H groups in total. The summed E-state index contributed by atoms with van der Waals surface area (Å²) in [5.74, 6) is 0. The molecule has 100 valence electrons. The molecule has 6 nitrogen and oxygen atoms in total. The van der Waals surface area contributed by atoms with Crippen molar-refractivity contribution in [1.29, 1.82) is 0 Å². The molecule has 0 aromatic carbocycles. The summed E-state index contributed by atoms with van der Waals surface area (Å²) in [6.07, 6.45) is 2.33. The lowest BCUT2D eigenvalue weighted by Gasteiger charge is -2.06. The lowest BCUT2D eigenvalue weighted by atomic mass is 10.3. The molecule has 0 aliphatic rings. The minimum Gasteiger partial charge on any atom is -0.296 e. The van der Waals surface area contributed by atoms with E-state index in [0.717, 1.165) is 43.5 Å². The number of aromatic nitrogens is 4. The molecule has 2 aromatic heterocycles. The topological polar surface area (TPSA) is 69.8 Å². The fourth-order valence-corrected chi connectivity index (χ4v) is 2.01. The van der Waals surface area contributed by atoms with Crippen molar-refractivity contribution < 1.29 is 9.59 Å². The summed E-state index contributed by atoms with van der Waals surface area (Å²) in [4.78, 5) is 21.2. The fourth-order valence-electron chi connectivity index (χ4n) is 2.01. The Morgan fingerprint density at radius 1 is 0.947 bits per heavy atom. The zero-order chi connectivity index (χ0) is 13.8. The van der Waals surface area contributed by atoms with Crippen LogP contribution < -0.4 is 0 Å². The molecule has 0 saturated heterocycles. The smallest absolute Gasteiger partial charge is 0.170 e. The van der Waals surface area contributed by atoms with Crippen LogP contribution in [-0.2, 0) is 13.1 Å². The van der Waals surface area contributed by atoms with Gasteiger partial charge in [-0.15, -0.1) is 0 Å². The molecule has 19 heavy (non-hydrogen) atoms. The number of hydrogen-bond donors (Lipinski definition) is 0. The first-order chi connectivity index (χ1) is 9.13. The van der Waals surface area contributed by atoms with Crippen molar-refractivity contribution in [3.05, 3.63) is 34.9 Å². The summed E-state index contributed by atoms with van der Waals surface area (Å²) in [5.41, 5.74) is 2.84. The van der Waals surface area contributed by atoms with Crippen LogP contribution in [0.25, 0.3) is 0 Å². The van der Waals surface area contributed by atoms with Crippen LogP contribution in [0.1, 0.15) is 38.8 Å². The van der Waals surface area contributed by atoms with E-state index in [1.54, 1.807) is 12.1 Å². The van der Waals surface area contributed by atoms with Gasteiger partial charge in [0.25, 0.3) is 0 Å². The second kappa shape index (κ2) is 5.60. The minimum atomic E-state index is 0.455. The first kappa shape index (κ1) is 13.2. The highest BCUT2D eigenvalue weighted by atomic mass is 16.1. The SMILES string of the molecule is Cc1cc(C=O)nn1CCCn1nc(C=O)cc1C. The second-order valence-corrected chi connectivity index (χ2v) is 4.46. The number of carbonyl (C=O) groups excluding carboxylic acids is 2. The van der Waals surface area contributed by atoms with Gasteiger partial charge in [0.15, 0.2) is 12.6 Å². The molecule has 2 rings (SSSR count). The van der Waals surface area contributed by atoms with Crippen LogP contribution in [0.5, 0.6) is 0 Å². The van der Waals surface area contributed by atoms with Gasteiger partial charge in [-0.05, 0) is 32.4 Å². The standard InChI is InChI=1S/C13H16N4O2/c1-10-6-12(8-18)14-16(10)4-3-5-17-11(2)7-13(9-19)15-17/h6-9H,3-5H2,1-2H3. The molecule has 6 heteroatoms. The summed E-state index contributed by atoms with van der Waals surface area (Å²) < 4.78 is 3.62. The van der Waals surface area contributed by atoms with Crippen LogP contribution in [0.2, 0.25) is 0 Å². The number of aldehydes is 2. The highest BCUT2D eigenvalue weighted by Gasteiger charge is 2.05. The Hall–Kier alpha value is -2.24. The van der Waals surface area contributed by atoms with Gasteiger partial charge < -0.3 is 0 Å². The molecule has 0 radical (unpaired) electrons. The van der Waals surface area contributed by atoms with Crippen molar-refractivity contribution in [1.82, 2.24) is 19.6 Å². The lowest BCUT2D eigenvalue weighted by molar-refractivity contribution is 0.111. The summed E-state index contributed by atoms with van der Waals surface area (Å²) in [7, 11) is 0. The normalized spacial score (nSPS) is 10.6. The molecule has 0 saturated carbocycles. The van der Waals surface area contributed by atoms with E-state index in [0.29, 0.717) is 11.4 Å². The number of aryl methyl sites for hydroxylation is 4. The van der Waals surface area contributed by atoms with Gasteiger partial charge in [-0.25, -0.2) is 0 Å². The Kier molecular flexibility index (Phi) is 3.89. The summed E-state index contributed by atoms with van der Waals surface area (Å²) in [6.45, 7) is 5.28. The fraction of sp³-hybridized carbons (Fsp3) is 0.385. The molecule has 0 fully saturated rings. The van der Waals surface area contributed by atoms with Crippen LogP contribution in [-0.4, -0.2) is 32.1 Å². The number of carbonyl (C=O) groups is 2. The zero-order valence-corrected chi connectivity index (χ0v) is 11.0. The van der Waals surface area contributed by atoms with Crippen molar-refractivity contribution >= 4 is 12.6 Å². The quantitative estimate of drug-likeness (QED) is 0.736. The first-order valence-electron chi connectivity index (χ1n) is 6.13. The Balaban J connectivity index is 1.95. The van der Waals surface area contributed by atoms with E-state index < -0.39 is 0 Å². The van der Waals surface area contributed by atoms with E-state index in [4.69, 9.17) is 0 Å². The maximum Gasteiger partial charge on any atom is 0.170 e. The third kappa shape index (κ3) is 2.96. The molecule has 0 spiro atoms. The van der Waals surface area contributed by atoms with E-state index in [2.05, 4.69) is 10.2 Å². The van der Waals surface area contributed by atoms with Gasteiger partial charge in [0.2, 0.25) is 0 Å². The predicted molar refractivity (Wildman–Crippen MR) is 69.3 cm³/mol. The van der Waals surface area contributed by atoms with Crippen molar-refractivity contribution in [3.8, 4) is 0 Å². The maximum atomic E-state index is 10.6. The maximum absolute atomic E-state index is 10.6. The molecular weight excluding hydrogens is 244 g/mol. The summed E-state index contributed by atoms with van der Waals surface area (Å²) >= 11 is 0. The second-order valence-electron chi connectivity index (χ2n) is 4.46. The Morgan fingerprint density at radius 2 is 1.37 bits per heavy atom. The van der Waals surface area contributed by atoms with Crippen molar-refractivity contribution in [3.63, 3.8) is 0 Å². The number of nitrogens with zero attached hydrogens (tertiary/aromatic N) is 4. The minimum absolute atomic E-state index is 0.455. The molecule has 0 atom stereocenters. The van der Waals surface area contributed by atoms with Crippen molar-refractivity contribution in [2.24, 2.45) is 0 Å². The van der Waals surface area contributed by atoms with Crippen LogP contribution in [0, 0.1) is 13.8 Å². The average molecular weight is 260 g/mol. The molecule has 0 aliphatic heterocycles. The molecule has 0 bridgehead atoms. The van der Waals surface area contributed by atoms with Gasteiger partial charge in [-0.2, -0.15) is 10.2 Å². The van der Waals surface area contributed by atoms with E-state index in [9.17, 15) is 9.59 Å². The predicted octanol–water partition coefficient (Wildman–Crippen LogP) is 1.41. The number of hydrogen-bond acceptors (Lipinski definition) is 4. The third-order valence-electron chi connectivity index (χ3n) is 2.98. The van der Waals surface area contributed by atoms with Gasteiger partial charge >= 0.3 is 0 Å². The van der Waals surface area contributed by atoms with E-state index in [1.165, 1.54) is 0 Å². The zero-order valence-electron chi connectivity index (χ0n) is 11.0. The third-order valence-corrected chi connectivity index (χ3v) is 2.98. The van der Waals surface area contributed by atoms with E-state index in [-0.39, 0.29) is 0 Å². The monoisotopic (exact) mass is 260 g/mol. The lowest BCUT2D eigenvalue weighted by Crippen LogP contribution is -2.09. The highest BCUT2D eigenvalue weighted by molar-refractivity contribution is 5.72. The van der Waals surface area contributed by atoms with Gasteiger partial charge in [0.05, 0.1) is 0 Å². The largest absolute Gasteiger partial charge is 0.296 e. The summed E-state index contributed by atoms with van der Waals surface area (Å²) in [6, 6.07) is 3.52. The number of rotatable bonds is 6. The highest BCUT2D eigenvalue weighted by Crippen LogP contribution is 2.05. The van der Waals surface area contributed by atoms with Crippen molar-refractivity contribution in [2.75, 3.05) is 0 Å². The average Bonchev–Trinajstić information content (AvgIpc) is 2.94. The molecular formula is C13H16N4O2. The molecule has 2 heterocycles. The van der Waals surface area contributed by atoms with E-state index >= 15 is 0 Å². The summed E-state index contributed by atoms with van der Waals surface area (Å²) in [5, 5.41) is 8.33. The molecule has 0 amide bonds. The molecule has 0 aliphatic carbocycles. The molecule has 2 aromatic rings.